The summed E-state index contributed by atoms with van der Waals surface area (Å²) in [6.07, 6.45) is 7.85. The summed E-state index contributed by atoms with van der Waals surface area (Å²) in [7, 11) is 0. The van der Waals surface area contributed by atoms with Crippen molar-refractivity contribution in [2.45, 2.75) is 111 Å². The molecule has 3 aliphatic carbocycles. The molecule has 3 rings (SSSR count). The molecule has 8 atom stereocenters. The van der Waals surface area contributed by atoms with Gasteiger partial charge < -0.3 is 20.4 Å². The molecule has 0 spiro atoms. The molecule has 3 aliphatic rings. The lowest BCUT2D eigenvalue weighted by Crippen LogP contribution is -2.52. The molecule has 0 amide bonds. The van der Waals surface area contributed by atoms with E-state index in [0.717, 1.165) is 19.3 Å². The van der Waals surface area contributed by atoms with Crippen molar-refractivity contribution in [1.82, 2.24) is 0 Å². The lowest BCUT2D eigenvalue weighted by atomic mass is 9.55. The number of rotatable bonds is 8. The fraction of sp³-hybridized carbons (Fsp3) is 0.828. The van der Waals surface area contributed by atoms with Gasteiger partial charge in [-0.3, -0.25) is 4.79 Å². The SMILES string of the molecule is CC=C(CC[C@](C)(O)[C@H]1CC[C@@H](C2=C[C@H](O)[C@H]3C[C@@H](O)CC[C@]3(C)C2=O)[C@]1(C)CCO)C(C)C. The fourth-order valence-corrected chi connectivity index (χ4v) is 7.80. The number of aliphatic hydroxyl groups excluding tert-OH is 3. The van der Waals surface area contributed by atoms with Gasteiger partial charge in [0.15, 0.2) is 5.78 Å². The van der Waals surface area contributed by atoms with Gasteiger partial charge in [-0.1, -0.05) is 39.3 Å². The summed E-state index contributed by atoms with van der Waals surface area (Å²) < 4.78 is 0. The zero-order chi connectivity index (χ0) is 25.5. The molecular weight excluding hydrogens is 428 g/mol. The standard InChI is InChI=1S/C29H48O5/c1-7-19(18(2)3)10-13-29(6,34)25-9-8-22(27(25,4)14-15-30)21-17-24(32)23-16-20(31)11-12-28(23,5)26(21)33/h7,17-18,20,22-25,30-32,34H,8-16H2,1-6H3/t20-,22-,23+,24-,25-,27-,28-,29-/m0/s1. The van der Waals surface area contributed by atoms with Crippen LogP contribution in [0.15, 0.2) is 23.3 Å². The minimum Gasteiger partial charge on any atom is -0.396 e. The van der Waals surface area contributed by atoms with E-state index in [4.69, 9.17) is 0 Å². The third-order valence-electron chi connectivity index (χ3n) is 10.0. The third-order valence-corrected chi connectivity index (χ3v) is 10.0. The Hall–Kier alpha value is -1.01. The maximum atomic E-state index is 13.9. The quantitative estimate of drug-likeness (QED) is 0.385. The van der Waals surface area contributed by atoms with Crippen molar-refractivity contribution in [1.29, 1.82) is 0 Å². The Balaban J connectivity index is 1.91. The van der Waals surface area contributed by atoms with Crippen molar-refractivity contribution < 1.29 is 25.2 Å². The molecule has 194 valence electrons. The first-order valence-electron chi connectivity index (χ1n) is 13.4. The van der Waals surface area contributed by atoms with Gasteiger partial charge in [0, 0.05) is 17.9 Å². The van der Waals surface area contributed by atoms with Gasteiger partial charge in [-0.25, -0.2) is 0 Å². The Morgan fingerprint density at radius 2 is 1.91 bits per heavy atom. The average Bonchev–Trinajstić information content (AvgIpc) is 3.10. The number of ketones is 1. The first-order valence-corrected chi connectivity index (χ1v) is 13.4. The number of fused-ring (bicyclic) bond motifs is 1. The van der Waals surface area contributed by atoms with Gasteiger partial charge in [0.2, 0.25) is 0 Å². The molecule has 34 heavy (non-hydrogen) atoms. The van der Waals surface area contributed by atoms with Gasteiger partial charge >= 0.3 is 0 Å². The number of carbonyl (C=O) groups is 1. The van der Waals surface area contributed by atoms with E-state index in [2.05, 4.69) is 33.8 Å². The van der Waals surface area contributed by atoms with Crippen molar-refractivity contribution >= 4 is 5.78 Å². The highest BCUT2D eigenvalue weighted by molar-refractivity contribution is 6.01. The van der Waals surface area contributed by atoms with Gasteiger partial charge in [-0.2, -0.15) is 0 Å². The summed E-state index contributed by atoms with van der Waals surface area (Å²) >= 11 is 0. The van der Waals surface area contributed by atoms with Crippen LogP contribution in [0.1, 0.15) is 92.9 Å². The lowest BCUT2D eigenvalue weighted by molar-refractivity contribution is -0.138. The summed E-state index contributed by atoms with van der Waals surface area (Å²) in [6.45, 7) is 12.4. The fourth-order valence-electron chi connectivity index (χ4n) is 7.80. The predicted octanol–water partition coefficient (Wildman–Crippen LogP) is 4.57. The van der Waals surface area contributed by atoms with Crippen molar-refractivity contribution in [3.8, 4) is 0 Å². The molecule has 0 radical (unpaired) electrons. The number of aliphatic hydroxyl groups is 4. The molecule has 0 aromatic heterocycles. The molecule has 4 N–H and O–H groups in total. The molecule has 2 fully saturated rings. The highest BCUT2D eigenvalue weighted by Gasteiger charge is 2.58. The van der Waals surface area contributed by atoms with E-state index in [9.17, 15) is 25.2 Å². The Labute approximate surface area is 206 Å². The summed E-state index contributed by atoms with van der Waals surface area (Å²) in [6, 6.07) is 0. The molecule has 0 heterocycles. The number of carbonyl (C=O) groups excluding carboxylic acids is 1. The van der Waals surface area contributed by atoms with E-state index in [1.54, 1.807) is 6.08 Å². The monoisotopic (exact) mass is 476 g/mol. The zero-order valence-electron chi connectivity index (χ0n) is 22.2. The second-order valence-corrected chi connectivity index (χ2v) is 12.4. The molecule has 0 bridgehead atoms. The largest absolute Gasteiger partial charge is 0.396 e. The van der Waals surface area contributed by atoms with Crippen LogP contribution in [0.3, 0.4) is 0 Å². The second-order valence-electron chi connectivity index (χ2n) is 12.4. The summed E-state index contributed by atoms with van der Waals surface area (Å²) in [5, 5.41) is 42.9. The number of hydrogen-bond donors (Lipinski definition) is 4. The highest BCUT2D eigenvalue weighted by atomic mass is 16.3. The van der Waals surface area contributed by atoms with E-state index in [1.807, 2.05) is 13.8 Å². The van der Waals surface area contributed by atoms with Gasteiger partial charge in [-0.05, 0) is 100 Å². The molecule has 5 nitrogen and oxygen atoms in total. The van der Waals surface area contributed by atoms with Crippen LogP contribution in [0.5, 0.6) is 0 Å². The minimum atomic E-state index is -0.917. The maximum Gasteiger partial charge on any atom is 0.165 e. The van der Waals surface area contributed by atoms with Gasteiger partial charge in [0.1, 0.15) is 0 Å². The van der Waals surface area contributed by atoms with Crippen LogP contribution in [0.2, 0.25) is 0 Å². The molecular formula is C29H48O5. The zero-order valence-corrected chi connectivity index (χ0v) is 22.2. The predicted molar refractivity (Wildman–Crippen MR) is 135 cm³/mol. The van der Waals surface area contributed by atoms with E-state index < -0.39 is 28.6 Å². The summed E-state index contributed by atoms with van der Waals surface area (Å²) in [5.74, 6) is 0.128. The van der Waals surface area contributed by atoms with Crippen LogP contribution in [-0.4, -0.2) is 50.6 Å². The van der Waals surface area contributed by atoms with E-state index in [1.165, 1.54) is 5.57 Å². The smallest absolute Gasteiger partial charge is 0.165 e. The Morgan fingerprint density at radius 1 is 1.24 bits per heavy atom. The molecule has 0 saturated heterocycles. The van der Waals surface area contributed by atoms with Gasteiger partial charge in [-0.15, -0.1) is 0 Å². The van der Waals surface area contributed by atoms with E-state index >= 15 is 0 Å². The normalized spacial score (nSPS) is 40.8. The van der Waals surface area contributed by atoms with Gasteiger partial charge in [0.25, 0.3) is 0 Å². The molecule has 0 unspecified atom stereocenters. The van der Waals surface area contributed by atoms with Crippen molar-refractivity contribution in [3.05, 3.63) is 23.3 Å². The van der Waals surface area contributed by atoms with Gasteiger partial charge in [0.05, 0.1) is 17.8 Å². The average molecular weight is 477 g/mol. The van der Waals surface area contributed by atoms with E-state index in [-0.39, 0.29) is 30.1 Å². The van der Waals surface area contributed by atoms with Crippen molar-refractivity contribution in [2.75, 3.05) is 6.61 Å². The van der Waals surface area contributed by atoms with Crippen LogP contribution in [-0.2, 0) is 4.79 Å². The van der Waals surface area contributed by atoms with E-state index in [0.29, 0.717) is 43.6 Å². The number of Topliss-reactive ketones (excluding diaryl/α,β-unsaturated/α-hetero) is 1. The topological polar surface area (TPSA) is 98.0 Å². The highest BCUT2D eigenvalue weighted by Crippen LogP contribution is 2.60. The van der Waals surface area contributed by atoms with Crippen LogP contribution in [0.4, 0.5) is 0 Å². The molecule has 5 heteroatoms. The Bertz CT molecular complexity index is 811. The Kier molecular flexibility index (Phi) is 8.24. The van der Waals surface area contributed by atoms with Crippen molar-refractivity contribution in [2.24, 2.45) is 34.5 Å². The third kappa shape index (κ3) is 4.83. The van der Waals surface area contributed by atoms with Crippen LogP contribution in [0, 0.1) is 34.5 Å². The molecule has 0 aliphatic heterocycles. The number of hydrogen-bond acceptors (Lipinski definition) is 5. The van der Waals surface area contributed by atoms with Crippen molar-refractivity contribution in [3.63, 3.8) is 0 Å². The molecule has 2 saturated carbocycles. The lowest BCUT2D eigenvalue weighted by Gasteiger charge is -2.50. The molecule has 0 aromatic rings. The summed E-state index contributed by atoms with van der Waals surface area (Å²) in [5.41, 5.74) is 0.00509. The minimum absolute atomic E-state index is 0.00178. The Morgan fingerprint density at radius 3 is 2.50 bits per heavy atom. The summed E-state index contributed by atoms with van der Waals surface area (Å²) in [4.78, 5) is 13.9. The van der Waals surface area contributed by atoms with Crippen LogP contribution in [0.25, 0.3) is 0 Å². The van der Waals surface area contributed by atoms with Crippen LogP contribution < -0.4 is 0 Å². The van der Waals surface area contributed by atoms with Crippen LogP contribution >= 0.6 is 0 Å². The molecule has 0 aromatic carbocycles. The first kappa shape index (κ1) is 27.6. The maximum absolute atomic E-state index is 13.9. The second kappa shape index (κ2) is 10.2. The number of allylic oxidation sites excluding steroid dienone is 3. The first-order chi connectivity index (χ1) is 15.8.